The van der Waals surface area contributed by atoms with E-state index in [9.17, 15) is 13.2 Å². The maximum Gasteiger partial charge on any atom is 0.446 e. The number of anilines is 1. The molecule has 0 aliphatic heterocycles. The van der Waals surface area contributed by atoms with Crippen LogP contribution in [0.4, 0.5) is 5.69 Å². The van der Waals surface area contributed by atoms with Gasteiger partial charge in [0.15, 0.2) is 11.5 Å². The van der Waals surface area contributed by atoms with Crippen LogP contribution in [0, 0.1) is 5.41 Å². The number of carbonyl (C=O) groups is 2. The smallest absolute Gasteiger partial charge is 0.446 e. The summed E-state index contributed by atoms with van der Waals surface area (Å²) in [7, 11) is -3.39. The van der Waals surface area contributed by atoms with Gasteiger partial charge in [-0.2, -0.15) is 8.42 Å². The van der Waals surface area contributed by atoms with E-state index in [1.54, 1.807) is 30.3 Å². The summed E-state index contributed by atoms with van der Waals surface area (Å²) in [5.74, 6) is 0.863. The molecular formula is C22H22N2O9S. The SMILES string of the molecule is COc1cc2c(Oc3ccc(NC(=O)C4(C)CC4)cc3)ccnc2cc1OS(=O)(=O)O.O=CO. The third-order valence-corrected chi connectivity index (χ3v) is 5.46. The predicted octanol–water partition coefficient (Wildman–Crippen LogP) is 3.66. The second-order valence-electron chi connectivity index (χ2n) is 7.59. The number of pyridine rings is 1. The molecule has 3 N–H and O–H groups in total. The molecule has 11 nitrogen and oxygen atoms in total. The zero-order valence-corrected chi connectivity index (χ0v) is 19.0. The van der Waals surface area contributed by atoms with Gasteiger partial charge in [-0.05, 0) is 49.2 Å². The van der Waals surface area contributed by atoms with E-state index < -0.39 is 10.4 Å². The molecule has 1 heterocycles. The van der Waals surface area contributed by atoms with Gasteiger partial charge in [-0.1, -0.05) is 6.92 Å². The first-order chi connectivity index (χ1) is 16.1. The van der Waals surface area contributed by atoms with Crippen LogP contribution in [-0.2, 0) is 20.0 Å². The lowest BCUT2D eigenvalue weighted by molar-refractivity contribution is -0.123. The number of nitrogens with one attached hydrogen (secondary N) is 1. The summed E-state index contributed by atoms with van der Waals surface area (Å²) in [5, 5.41) is 10.3. The van der Waals surface area contributed by atoms with Crippen LogP contribution in [0.25, 0.3) is 10.9 Å². The van der Waals surface area contributed by atoms with Crippen LogP contribution < -0.4 is 19.0 Å². The van der Waals surface area contributed by atoms with Crippen LogP contribution >= 0.6 is 0 Å². The summed E-state index contributed by atoms with van der Waals surface area (Å²) >= 11 is 0. The molecule has 0 spiro atoms. The zero-order chi connectivity index (χ0) is 24.9. The van der Waals surface area contributed by atoms with E-state index in [-0.39, 0.29) is 29.3 Å². The molecule has 0 unspecified atom stereocenters. The Balaban J connectivity index is 0.00000103. The zero-order valence-electron chi connectivity index (χ0n) is 18.2. The van der Waals surface area contributed by atoms with E-state index in [1.165, 1.54) is 25.4 Å². The quantitative estimate of drug-likeness (QED) is 0.329. The first kappa shape index (κ1) is 24.7. The minimum absolute atomic E-state index is 0.0105. The number of hydrogen-bond acceptors (Lipinski definition) is 8. The fraction of sp³-hybridized carbons (Fsp3) is 0.227. The minimum atomic E-state index is -4.72. The number of aromatic nitrogens is 1. The summed E-state index contributed by atoms with van der Waals surface area (Å²) in [5.41, 5.74) is 0.791. The van der Waals surface area contributed by atoms with Gasteiger partial charge in [0.25, 0.3) is 6.47 Å². The summed E-state index contributed by atoms with van der Waals surface area (Å²) in [6, 6.07) is 11.4. The topological polar surface area (TPSA) is 161 Å². The molecule has 4 rings (SSSR count). The van der Waals surface area contributed by atoms with Gasteiger partial charge >= 0.3 is 10.4 Å². The highest BCUT2D eigenvalue weighted by molar-refractivity contribution is 7.81. The Morgan fingerprint density at radius 2 is 1.76 bits per heavy atom. The van der Waals surface area contributed by atoms with E-state index >= 15 is 0 Å². The molecule has 1 amide bonds. The lowest BCUT2D eigenvalue weighted by Crippen LogP contribution is -2.21. The van der Waals surface area contributed by atoms with Crippen molar-refractivity contribution in [1.29, 1.82) is 0 Å². The molecule has 12 heteroatoms. The van der Waals surface area contributed by atoms with Crippen LogP contribution in [0.15, 0.2) is 48.7 Å². The van der Waals surface area contributed by atoms with Crippen molar-refractivity contribution < 1.29 is 41.3 Å². The number of ether oxygens (including phenoxy) is 2. The van der Waals surface area contributed by atoms with Crippen molar-refractivity contribution in [2.24, 2.45) is 5.41 Å². The Bertz CT molecular complexity index is 1300. The Hall–Kier alpha value is -3.90. The van der Waals surface area contributed by atoms with Crippen LogP contribution in [-0.4, -0.2) is 42.6 Å². The highest BCUT2D eigenvalue weighted by Crippen LogP contribution is 2.45. The van der Waals surface area contributed by atoms with Crippen LogP contribution in [0.3, 0.4) is 0 Å². The minimum Gasteiger partial charge on any atom is -0.493 e. The van der Waals surface area contributed by atoms with Crippen molar-refractivity contribution in [3.63, 3.8) is 0 Å². The molecule has 34 heavy (non-hydrogen) atoms. The molecule has 1 fully saturated rings. The number of rotatable bonds is 7. The largest absolute Gasteiger partial charge is 0.493 e. The first-order valence-electron chi connectivity index (χ1n) is 9.89. The third kappa shape index (κ3) is 6.11. The van der Waals surface area contributed by atoms with E-state index in [0.29, 0.717) is 28.1 Å². The van der Waals surface area contributed by atoms with Gasteiger partial charge in [0.2, 0.25) is 5.91 Å². The molecular weight excluding hydrogens is 468 g/mol. The van der Waals surface area contributed by atoms with Crippen molar-refractivity contribution >= 4 is 39.4 Å². The molecule has 1 aliphatic rings. The molecule has 1 aliphatic carbocycles. The van der Waals surface area contributed by atoms with Crippen molar-refractivity contribution in [3.05, 3.63) is 48.7 Å². The van der Waals surface area contributed by atoms with Gasteiger partial charge in [0.1, 0.15) is 11.5 Å². The highest BCUT2D eigenvalue weighted by Gasteiger charge is 2.44. The molecule has 0 radical (unpaired) electrons. The van der Waals surface area contributed by atoms with E-state index in [0.717, 1.165) is 12.8 Å². The number of methoxy groups -OCH3 is 1. The van der Waals surface area contributed by atoms with Crippen molar-refractivity contribution in [1.82, 2.24) is 4.98 Å². The van der Waals surface area contributed by atoms with Gasteiger partial charge in [-0.15, -0.1) is 0 Å². The molecule has 3 aromatic rings. The summed E-state index contributed by atoms with van der Waals surface area (Å²) in [4.78, 5) is 24.7. The predicted molar refractivity (Wildman–Crippen MR) is 122 cm³/mol. The van der Waals surface area contributed by atoms with E-state index in [1.807, 2.05) is 6.92 Å². The van der Waals surface area contributed by atoms with Crippen LogP contribution in [0.5, 0.6) is 23.0 Å². The lowest BCUT2D eigenvalue weighted by Gasteiger charge is -2.13. The maximum absolute atomic E-state index is 12.2. The van der Waals surface area contributed by atoms with Gasteiger partial charge in [-0.25, -0.2) is 0 Å². The number of hydrogen-bond donors (Lipinski definition) is 3. The van der Waals surface area contributed by atoms with Crippen molar-refractivity contribution in [2.45, 2.75) is 19.8 Å². The average molecular weight is 490 g/mol. The molecule has 0 saturated heterocycles. The molecule has 1 saturated carbocycles. The Kier molecular flexibility index (Phi) is 7.23. The monoisotopic (exact) mass is 490 g/mol. The Morgan fingerprint density at radius 3 is 2.32 bits per heavy atom. The van der Waals surface area contributed by atoms with Crippen LogP contribution in [0.2, 0.25) is 0 Å². The van der Waals surface area contributed by atoms with Gasteiger partial charge < -0.3 is 24.1 Å². The standard InChI is InChI=1S/C21H20N2O7S.CH2O2/c1-21(8-9-21)20(24)23-13-3-5-14(6-4-13)29-17-7-10-22-16-12-19(30-31(25,26)27)18(28-2)11-15(16)17;2-1-3/h3-7,10-12H,8-9H2,1-2H3,(H,23,24)(H,25,26,27);1H,(H,2,3). The Labute approximate surface area is 195 Å². The highest BCUT2D eigenvalue weighted by atomic mass is 32.3. The molecule has 1 aromatic heterocycles. The first-order valence-corrected chi connectivity index (χ1v) is 11.3. The van der Waals surface area contributed by atoms with E-state index in [4.69, 9.17) is 23.9 Å². The number of carbonyl (C=O) groups excluding carboxylic acids is 1. The fourth-order valence-corrected chi connectivity index (χ4v) is 3.34. The average Bonchev–Trinajstić information content (AvgIpc) is 3.53. The number of amides is 1. The number of benzene rings is 2. The third-order valence-electron chi connectivity index (χ3n) is 5.07. The lowest BCUT2D eigenvalue weighted by atomic mass is 10.1. The second kappa shape index (κ2) is 9.93. The molecule has 0 atom stereocenters. The van der Waals surface area contributed by atoms with Crippen molar-refractivity contribution in [3.8, 4) is 23.0 Å². The van der Waals surface area contributed by atoms with E-state index in [2.05, 4.69) is 14.5 Å². The molecule has 2 aromatic carbocycles. The fourth-order valence-electron chi connectivity index (χ4n) is 2.99. The number of carboxylic acid groups (broad SMARTS) is 1. The summed E-state index contributed by atoms with van der Waals surface area (Å²) in [6.07, 6.45) is 3.29. The Morgan fingerprint density at radius 1 is 1.12 bits per heavy atom. The van der Waals surface area contributed by atoms with Gasteiger partial charge in [0.05, 0.1) is 12.6 Å². The maximum atomic E-state index is 12.2. The number of nitrogens with zero attached hydrogens (tertiary/aromatic N) is 1. The van der Waals surface area contributed by atoms with Crippen molar-refractivity contribution in [2.75, 3.05) is 12.4 Å². The summed E-state index contributed by atoms with van der Waals surface area (Å²) < 4.78 is 46.8. The second-order valence-corrected chi connectivity index (χ2v) is 8.61. The summed E-state index contributed by atoms with van der Waals surface area (Å²) in [6.45, 7) is 1.69. The molecule has 0 bridgehead atoms. The van der Waals surface area contributed by atoms with Gasteiger partial charge in [0, 0.05) is 28.8 Å². The number of fused-ring (bicyclic) bond motifs is 1. The molecule has 180 valence electrons. The van der Waals surface area contributed by atoms with Gasteiger partial charge in [-0.3, -0.25) is 19.1 Å². The van der Waals surface area contributed by atoms with Crippen LogP contribution in [0.1, 0.15) is 19.8 Å². The normalized spacial score (nSPS) is 13.7.